The summed E-state index contributed by atoms with van der Waals surface area (Å²) in [6.45, 7) is 0.253. The zero-order valence-corrected chi connectivity index (χ0v) is 13.6. The lowest BCUT2D eigenvalue weighted by Crippen LogP contribution is -2.45. The average Bonchev–Trinajstić information content (AvgIpc) is 3.00. The van der Waals surface area contributed by atoms with Crippen molar-refractivity contribution in [3.8, 4) is 5.88 Å². The summed E-state index contributed by atoms with van der Waals surface area (Å²) in [5.74, 6) is 0.866. The number of nitrogens with zero attached hydrogens (tertiary/aromatic N) is 4. The van der Waals surface area contributed by atoms with Crippen LogP contribution in [0.15, 0.2) is 24.7 Å². The minimum atomic E-state index is -0.468. The van der Waals surface area contributed by atoms with Gasteiger partial charge in [-0.2, -0.15) is 5.10 Å². The smallest absolute Gasteiger partial charge is 0.253 e. The number of carbonyl (C=O) groups is 1. The van der Waals surface area contributed by atoms with Crippen LogP contribution < -0.4 is 10.1 Å². The van der Waals surface area contributed by atoms with E-state index >= 15 is 0 Å². The number of ether oxygens (including phenoxy) is 1. The van der Waals surface area contributed by atoms with Crippen LogP contribution in [-0.2, 0) is 13.7 Å². The Bertz CT molecular complexity index is 685. The van der Waals surface area contributed by atoms with Crippen molar-refractivity contribution in [3.63, 3.8) is 0 Å². The molecule has 8 heteroatoms. The summed E-state index contributed by atoms with van der Waals surface area (Å²) in [4.78, 5) is 20.4. The molecule has 0 aliphatic heterocycles. The first-order chi connectivity index (χ1) is 11.6. The Morgan fingerprint density at radius 3 is 2.88 bits per heavy atom. The molecule has 0 saturated heterocycles. The van der Waals surface area contributed by atoms with Gasteiger partial charge in [-0.3, -0.25) is 9.48 Å². The van der Waals surface area contributed by atoms with Crippen molar-refractivity contribution in [1.82, 2.24) is 25.1 Å². The molecule has 3 rings (SSSR count). The standard InChI is InChI=1S/C16H21N5O3/c1-21-14(18-10-19-21)9-24-15-7-6-11(8-17-15)16(23)20-12-4-2-3-5-13(12)22/h6-8,10,12-13,22H,2-5,9H2,1H3,(H,20,23)/t12-,13-/m1/s1. The highest BCUT2D eigenvalue weighted by Crippen LogP contribution is 2.19. The molecule has 1 aliphatic carbocycles. The van der Waals surface area contributed by atoms with Gasteiger partial charge in [0.25, 0.3) is 5.91 Å². The van der Waals surface area contributed by atoms with E-state index in [1.807, 2.05) is 0 Å². The maximum Gasteiger partial charge on any atom is 0.253 e. The van der Waals surface area contributed by atoms with Crippen molar-refractivity contribution in [2.75, 3.05) is 0 Å². The van der Waals surface area contributed by atoms with E-state index in [4.69, 9.17) is 4.74 Å². The van der Waals surface area contributed by atoms with Gasteiger partial charge in [0.15, 0.2) is 5.82 Å². The number of aryl methyl sites for hydroxylation is 1. The fourth-order valence-corrected chi connectivity index (χ4v) is 2.72. The number of nitrogens with one attached hydrogen (secondary N) is 1. The first-order valence-electron chi connectivity index (χ1n) is 8.04. The number of hydrogen-bond donors (Lipinski definition) is 2. The summed E-state index contributed by atoms with van der Waals surface area (Å²) in [5.41, 5.74) is 0.443. The van der Waals surface area contributed by atoms with Crippen LogP contribution in [0.4, 0.5) is 0 Å². The topological polar surface area (TPSA) is 102 Å². The number of aliphatic hydroxyl groups is 1. The second-order valence-electron chi connectivity index (χ2n) is 5.91. The largest absolute Gasteiger partial charge is 0.469 e. The fraction of sp³-hybridized carbons (Fsp3) is 0.500. The van der Waals surface area contributed by atoms with Crippen molar-refractivity contribution in [3.05, 3.63) is 36.0 Å². The molecule has 0 spiro atoms. The lowest BCUT2D eigenvalue weighted by atomic mass is 9.92. The molecule has 0 aromatic carbocycles. The van der Waals surface area contributed by atoms with E-state index in [0.717, 1.165) is 25.7 Å². The quantitative estimate of drug-likeness (QED) is 0.841. The van der Waals surface area contributed by atoms with Crippen LogP contribution in [0.1, 0.15) is 41.9 Å². The molecule has 128 valence electrons. The zero-order chi connectivity index (χ0) is 16.9. The van der Waals surface area contributed by atoms with E-state index in [-0.39, 0.29) is 18.6 Å². The van der Waals surface area contributed by atoms with Crippen LogP contribution in [0.3, 0.4) is 0 Å². The Balaban J connectivity index is 1.55. The number of aliphatic hydroxyl groups excluding tert-OH is 1. The molecule has 1 fully saturated rings. The number of rotatable bonds is 5. The molecule has 2 aromatic heterocycles. The number of carbonyl (C=O) groups excluding carboxylic acids is 1. The first kappa shape index (κ1) is 16.4. The summed E-state index contributed by atoms with van der Waals surface area (Å²) < 4.78 is 7.15. The van der Waals surface area contributed by atoms with E-state index < -0.39 is 6.10 Å². The van der Waals surface area contributed by atoms with Gasteiger partial charge in [-0.25, -0.2) is 9.97 Å². The second-order valence-corrected chi connectivity index (χ2v) is 5.91. The number of hydrogen-bond acceptors (Lipinski definition) is 6. The fourth-order valence-electron chi connectivity index (χ4n) is 2.72. The highest BCUT2D eigenvalue weighted by molar-refractivity contribution is 5.94. The molecule has 1 saturated carbocycles. The van der Waals surface area contributed by atoms with E-state index in [1.54, 1.807) is 23.9 Å². The van der Waals surface area contributed by atoms with E-state index in [0.29, 0.717) is 17.3 Å². The lowest BCUT2D eigenvalue weighted by Gasteiger charge is -2.28. The molecule has 0 unspecified atom stereocenters. The van der Waals surface area contributed by atoms with E-state index in [9.17, 15) is 9.90 Å². The van der Waals surface area contributed by atoms with Crippen molar-refractivity contribution in [2.24, 2.45) is 7.05 Å². The molecule has 2 atom stereocenters. The van der Waals surface area contributed by atoms with Gasteiger partial charge >= 0.3 is 0 Å². The molecule has 1 amide bonds. The van der Waals surface area contributed by atoms with Gasteiger partial charge in [-0.05, 0) is 18.9 Å². The van der Waals surface area contributed by atoms with E-state index in [2.05, 4.69) is 20.4 Å². The zero-order valence-electron chi connectivity index (χ0n) is 13.6. The van der Waals surface area contributed by atoms with Crippen molar-refractivity contribution < 1.29 is 14.6 Å². The van der Waals surface area contributed by atoms with Crippen molar-refractivity contribution in [2.45, 2.75) is 44.4 Å². The average molecular weight is 331 g/mol. The van der Waals surface area contributed by atoms with Crippen LogP contribution in [-0.4, -0.2) is 42.9 Å². The first-order valence-corrected chi connectivity index (χ1v) is 8.04. The van der Waals surface area contributed by atoms with Gasteiger partial charge in [-0.1, -0.05) is 12.8 Å². The van der Waals surface area contributed by atoms with Gasteiger partial charge in [0.2, 0.25) is 5.88 Å². The Labute approximate surface area is 139 Å². The third-order valence-corrected chi connectivity index (χ3v) is 4.20. The summed E-state index contributed by atoms with van der Waals surface area (Å²) in [5, 5.41) is 16.8. The Kier molecular flexibility index (Phi) is 5.05. The van der Waals surface area contributed by atoms with Gasteiger partial charge in [0.05, 0.1) is 17.7 Å². The maximum absolute atomic E-state index is 12.2. The molecule has 0 radical (unpaired) electrons. The van der Waals surface area contributed by atoms with Crippen LogP contribution >= 0.6 is 0 Å². The Morgan fingerprint density at radius 1 is 1.38 bits per heavy atom. The third kappa shape index (κ3) is 3.88. The molecule has 0 bridgehead atoms. The molecular formula is C16H21N5O3. The van der Waals surface area contributed by atoms with E-state index in [1.165, 1.54) is 12.5 Å². The number of amides is 1. The summed E-state index contributed by atoms with van der Waals surface area (Å²) >= 11 is 0. The minimum absolute atomic E-state index is 0.182. The molecule has 2 heterocycles. The van der Waals surface area contributed by atoms with Crippen LogP contribution in [0, 0.1) is 0 Å². The molecule has 2 aromatic rings. The van der Waals surface area contributed by atoms with Gasteiger partial charge in [0.1, 0.15) is 12.9 Å². The summed E-state index contributed by atoms with van der Waals surface area (Å²) in [6.07, 6.45) is 6.03. The highest BCUT2D eigenvalue weighted by atomic mass is 16.5. The minimum Gasteiger partial charge on any atom is -0.469 e. The Morgan fingerprint density at radius 2 is 2.21 bits per heavy atom. The van der Waals surface area contributed by atoms with Crippen LogP contribution in [0.5, 0.6) is 5.88 Å². The SMILES string of the molecule is Cn1ncnc1COc1ccc(C(=O)N[C@@H]2CCCC[C@H]2O)cn1. The van der Waals surface area contributed by atoms with Gasteiger partial charge in [-0.15, -0.1) is 0 Å². The maximum atomic E-state index is 12.2. The van der Waals surface area contributed by atoms with Gasteiger partial charge in [0, 0.05) is 19.3 Å². The molecule has 1 aliphatic rings. The number of pyridine rings is 1. The highest BCUT2D eigenvalue weighted by Gasteiger charge is 2.24. The van der Waals surface area contributed by atoms with Crippen LogP contribution in [0.25, 0.3) is 0 Å². The predicted octanol–water partition coefficient (Wildman–Crippen LogP) is 0.822. The second kappa shape index (κ2) is 7.39. The summed E-state index contributed by atoms with van der Waals surface area (Å²) in [7, 11) is 1.78. The number of aromatic nitrogens is 4. The lowest BCUT2D eigenvalue weighted by molar-refractivity contribution is 0.0717. The Hall–Kier alpha value is -2.48. The molecule has 8 nitrogen and oxygen atoms in total. The van der Waals surface area contributed by atoms with Crippen LogP contribution in [0.2, 0.25) is 0 Å². The monoisotopic (exact) mass is 331 g/mol. The van der Waals surface area contributed by atoms with Crippen molar-refractivity contribution >= 4 is 5.91 Å². The molecule has 2 N–H and O–H groups in total. The van der Waals surface area contributed by atoms with Crippen molar-refractivity contribution in [1.29, 1.82) is 0 Å². The molecular weight excluding hydrogens is 310 g/mol. The third-order valence-electron chi connectivity index (χ3n) is 4.20. The summed E-state index contributed by atoms with van der Waals surface area (Å²) in [6, 6.07) is 3.12. The predicted molar refractivity (Wildman–Crippen MR) is 85.3 cm³/mol. The molecule has 24 heavy (non-hydrogen) atoms. The normalized spacial score (nSPS) is 20.6. The van der Waals surface area contributed by atoms with Gasteiger partial charge < -0.3 is 15.2 Å².